The predicted octanol–water partition coefficient (Wildman–Crippen LogP) is 17.0. The first-order chi connectivity index (χ1) is 30.5. The van der Waals surface area contributed by atoms with Gasteiger partial charge in [-0.2, -0.15) is 0 Å². The molecule has 0 saturated heterocycles. The number of hydrogen-bond acceptors (Lipinski definition) is 1. The standard InChI is InChI=1S/C61H45N/c1-61(2)59-39-32-49(43-16-7-4-8-17-43)41-58(59)57-25-13-24-56(60(57)61)50-21-11-20-48(40-50)45-28-35-52(36-29-45)62(51-33-26-44(27-34-51)42-14-5-3-6-15-42)53-37-30-47(31-38-53)55-23-12-19-46-18-9-10-22-54(46)55/h3-41H,1-2H3. The van der Waals surface area contributed by atoms with Crippen molar-refractivity contribution in [3.8, 4) is 66.8 Å². The average molecular weight is 792 g/mol. The Kier molecular flexibility index (Phi) is 9.24. The summed E-state index contributed by atoms with van der Waals surface area (Å²) in [7, 11) is 0. The molecule has 0 bridgehead atoms. The second-order valence-corrected chi connectivity index (χ2v) is 16.9. The molecule has 10 aromatic rings. The summed E-state index contributed by atoms with van der Waals surface area (Å²) in [4.78, 5) is 2.36. The summed E-state index contributed by atoms with van der Waals surface area (Å²) in [5.41, 5.74) is 20.9. The molecular formula is C61H45N. The summed E-state index contributed by atoms with van der Waals surface area (Å²) in [5.74, 6) is 0. The molecule has 1 heteroatoms. The van der Waals surface area contributed by atoms with Gasteiger partial charge >= 0.3 is 0 Å². The van der Waals surface area contributed by atoms with Gasteiger partial charge in [-0.3, -0.25) is 0 Å². The molecule has 0 saturated carbocycles. The van der Waals surface area contributed by atoms with E-state index in [2.05, 4.69) is 255 Å². The van der Waals surface area contributed by atoms with Crippen LogP contribution in [0.4, 0.5) is 17.1 Å². The quantitative estimate of drug-likeness (QED) is 0.148. The van der Waals surface area contributed by atoms with Crippen LogP contribution in [-0.4, -0.2) is 0 Å². The van der Waals surface area contributed by atoms with Crippen LogP contribution in [0.5, 0.6) is 0 Å². The van der Waals surface area contributed by atoms with Gasteiger partial charge in [0.15, 0.2) is 0 Å². The van der Waals surface area contributed by atoms with Crippen LogP contribution in [0.3, 0.4) is 0 Å². The fourth-order valence-corrected chi connectivity index (χ4v) is 9.76. The van der Waals surface area contributed by atoms with Gasteiger partial charge in [-0.05, 0) is 137 Å². The van der Waals surface area contributed by atoms with Crippen molar-refractivity contribution in [1.82, 2.24) is 0 Å². The van der Waals surface area contributed by atoms with E-state index in [0.717, 1.165) is 17.1 Å². The van der Waals surface area contributed by atoms with Gasteiger partial charge in [0, 0.05) is 22.5 Å². The minimum atomic E-state index is -0.135. The highest BCUT2D eigenvalue weighted by Crippen LogP contribution is 2.53. The van der Waals surface area contributed by atoms with Gasteiger partial charge in [-0.25, -0.2) is 0 Å². The lowest BCUT2D eigenvalue weighted by Crippen LogP contribution is -2.16. The average Bonchev–Trinajstić information content (AvgIpc) is 3.58. The van der Waals surface area contributed by atoms with Crippen LogP contribution < -0.4 is 4.90 Å². The highest BCUT2D eigenvalue weighted by atomic mass is 15.1. The first-order valence-electron chi connectivity index (χ1n) is 21.6. The zero-order chi connectivity index (χ0) is 41.6. The molecule has 11 rings (SSSR count). The Morgan fingerprint density at radius 3 is 1.40 bits per heavy atom. The number of benzene rings is 10. The maximum Gasteiger partial charge on any atom is 0.0462 e. The van der Waals surface area contributed by atoms with Crippen molar-refractivity contribution in [2.24, 2.45) is 0 Å². The van der Waals surface area contributed by atoms with E-state index < -0.39 is 0 Å². The summed E-state index contributed by atoms with van der Waals surface area (Å²) in [6.45, 7) is 4.76. The van der Waals surface area contributed by atoms with Crippen LogP contribution in [0.15, 0.2) is 237 Å². The number of rotatable bonds is 8. The minimum absolute atomic E-state index is 0.135. The van der Waals surface area contributed by atoms with Crippen molar-refractivity contribution in [1.29, 1.82) is 0 Å². The van der Waals surface area contributed by atoms with Gasteiger partial charge in [0.05, 0.1) is 0 Å². The van der Waals surface area contributed by atoms with Gasteiger partial charge in [0.25, 0.3) is 0 Å². The Balaban J connectivity index is 0.942. The maximum absolute atomic E-state index is 2.39. The molecule has 1 aliphatic carbocycles. The SMILES string of the molecule is CC1(C)c2ccc(-c3ccccc3)cc2-c2cccc(-c3cccc(-c4ccc(N(c5ccc(-c6ccccc6)cc5)c5ccc(-c6cccc7ccccc67)cc5)cc4)c3)c21. The normalized spacial score (nSPS) is 12.5. The van der Waals surface area contributed by atoms with Crippen molar-refractivity contribution in [3.05, 3.63) is 248 Å². The van der Waals surface area contributed by atoms with Gasteiger partial charge in [0.2, 0.25) is 0 Å². The van der Waals surface area contributed by atoms with Crippen molar-refractivity contribution < 1.29 is 0 Å². The summed E-state index contributed by atoms with van der Waals surface area (Å²) < 4.78 is 0. The first kappa shape index (κ1) is 37.3. The molecule has 1 aliphatic rings. The molecule has 0 unspecified atom stereocenters. The third-order valence-electron chi connectivity index (χ3n) is 12.9. The largest absolute Gasteiger partial charge is 0.311 e. The third kappa shape index (κ3) is 6.60. The molecule has 294 valence electrons. The molecular weight excluding hydrogens is 747 g/mol. The van der Waals surface area contributed by atoms with E-state index in [0.29, 0.717) is 0 Å². The van der Waals surface area contributed by atoms with Gasteiger partial charge in [-0.1, -0.05) is 202 Å². The number of nitrogens with zero attached hydrogens (tertiary/aromatic N) is 1. The van der Waals surface area contributed by atoms with Crippen LogP contribution in [0.2, 0.25) is 0 Å². The predicted molar refractivity (Wildman–Crippen MR) is 263 cm³/mol. The molecule has 62 heavy (non-hydrogen) atoms. The van der Waals surface area contributed by atoms with E-state index >= 15 is 0 Å². The van der Waals surface area contributed by atoms with Crippen molar-refractivity contribution in [2.75, 3.05) is 4.90 Å². The summed E-state index contributed by atoms with van der Waals surface area (Å²) in [6, 6.07) is 86.4. The molecule has 10 aromatic carbocycles. The van der Waals surface area contributed by atoms with Crippen LogP contribution in [0.25, 0.3) is 77.5 Å². The topological polar surface area (TPSA) is 3.24 Å². The Hall–Kier alpha value is -7.74. The van der Waals surface area contributed by atoms with Crippen LogP contribution >= 0.6 is 0 Å². The van der Waals surface area contributed by atoms with E-state index in [1.807, 2.05) is 0 Å². The van der Waals surface area contributed by atoms with E-state index in [1.54, 1.807) is 0 Å². The zero-order valence-corrected chi connectivity index (χ0v) is 35.0. The molecule has 0 fully saturated rings. The Morgan fingerprint density at radius 2 is 0.726 bits per heavy atom. The van der Waals surface area contributed by atoms with Crippen molar-refractivity contribution in [2.45, 2.75) is 19.3 Å². The van der Waals surface area contributed by atoms with Crippen molar-refractivity contribution >= 4 is 27.8 Å². The molecule has 0 spiro atoms. The lowest BCUT2D eigenvalue weighted by Gasteiger charge is -2.26. The summed E-state index contributed by atoms with van der Waals surface area (Å²) in [6.07, 6.45) is 0. The smallest absolute Gasteiger partial charge is 0.0462 e. The van der Waals surface area contributed by atoms with Gasteiger partial charge in [-0.15, -0.1) is 0 Å². The Labute approximate surface area is 364 Å². The molecule has 0 heterocycles. The zero-order valence-electron chi connectivity index (χ0n) is 35.0. The lowest BCUT2D eigenvalue weighted by atomic mass is 9.78. The van der Waals surface area contributed by atoms with Gasteiger partial charge < -0.3 is 4.90 Å². The van der Waals surface area contributed by atoms with E-state index in [-0.39, 0.29) is 5.41 Å². The molecule has 0 amide bonds. The van der Waals surface area contributed by atoms with Gasteiger partial charge in [0.1, 0.15) is 0 Å². The number of fused-ring (bicyclic) bond motifs is 4. The summed E-state index contributed by atoms with van der Waals surface area (Å²) >= 11 is 0. The second-order valence-electron chi connectivity index (χ2n) is 16.9. The summed E-state index contributed by atoms with van der Waals surface area (Å²) in [5, 5.41) is 2.51. The lowest BCUT2D eigenvalue weighted by molar-refractivity contribution is 0.662. The fourth-order valence-electron chi connectivity index (χ4n) is 9.76. The highest BCUT2D eigenvalue weighted by molar-refractivity contribution is 5.97. The minimum Gasteiger partial charge on any atom is -0.311 e. The molecule has 0 radical (unpaired) electrons. The monoisotopic (exact) mass is 791 g/mol. The third-order valence-corrected chi connectivity index (χ3v) is 12.9. The van der Waals surface area contributed by atoms with E-state index in [4.69, 9.17) is 0 Å². The molecule has 0 aliphatic heterocycles. The van der Waals surface area contributed by atoms with E-state index in [9.17, 15) is 0 Å². The maximum atomic E-state index is 2.39. The molecule has 1 nitrogen and oxygen atoms in total. The van der Waals surface area contributed by atoms with Crippen LogP contribution in [0, 0.1) is 0 Å². The molecule has 0 N–H and O–H groups in total. The molecule has 0 aromatic heterocycles. The fraction of sp³-hybridized carbons (Fsp3) is 0.0492. The Bertz CT molecular complexity index is 3210. The van der Waals surface area contributed by atoms with Crippen molar-refractivity contribution in [3.63, 3.8) is 0 Å². The molecule has 0 atom stereocenters. The second kappa shape index (κ2) is 15.4. The number of hydrogen-bond donors (Lipinski definition) is 0. The number of anilines is 3. The van der Waals surface area contributed by atoms with Crippen LogP contribution in [0.1, 0.15) is 25.0 Å². The highest BCUT2D eigenvalue weighted by Gasteiger charge is 2.37. The Morgan fingerprint density at radius 1 is 0.290 bits per heavy atom. The van der Waals surface area contributed by atoms with Crippen LogP contribution in [-0.2, 0) is 5.41 Å². The van der Waals surface area contributed by atoms with E-state index in [1.165, 1.54) is 88.7 Å². The first-order valence-corrected chi connectivity index (χ1v) is 21.6.